The number of nitrogens with one attached hydrogen (secondary N) is 3. The molecule has 1 heterocycles. The molecule has 1 aliphatic heterocycles. The summed E-state index contributed by atoms with van der Waals surface area (Å²) in [4.78, 5) is 28.2. The van der Waals surface area contributed by atoms with Crippen LogP contribution >= 0.6 is 24.0 Å². The van der Waals surface area contributed by atoms with Crippen molar-refractivity contribution in [2.75, 3.05) is 33.2 Å². The zero-order chi connectivity index (χ0) is 18.2. The van der Waals surface area contributed by atoms with Gasteiger partial charge in [0.1, 0.15) is 11.9 Å². The monoisotopic (exact) mass is 475 g/mol. The highest BCUT2D eigenvalue weighted by atomic mass is 127. The minimum atomic E-state index is -0.352. The highest BCUT2D eigenvalue weighted by molar-refractivity contribution is 14.0. The molecule has 26 heavy (non-hydrogen) atoms. The molecule has 1 atom stereocenters. The minimum Gasteiger partial charge on any atom is -0.489 e. The van der Waals surface area contributed by atoms with Crippen LogP contribution in [0.15, 0.2) is 29.3 Å². The van der Waals surface area contributed by atoms with Gasteiger partial charge in [0.25, 0.3) is 0 Å². The van der Waals surface area contributed by atoms with E-state index in [0.29, 0.717) is 25.6 Å². The van der Waals surface area contributed by atoms with Crippen molar-refractivity contribution in [1.82, 2.24) is 20.9 Å². The maximum atomic E-state index is 11.5. The minimum absolute atomic E-state index is 0. The number of hydrogen-bond donors (Lipinski definition) is 3. The molecular formula is C17H26IN5O3. The first-order valence-electron chi connectivity index (χ1n) is 8.25. The number of imide groups is 1. The maximum Gasteiger partial charge on any atom is 0.324 e. The zero-order valence-corrected chi connectivity index (χ0v) is 17.6. The molecule has 0 aliphatic carbocycles. The number of rotatable bonds is 7. The van der Waals surface area contributed by atoms with Gasteiger partial charge in [0.15, 0.2) is 5.96 Å². The summed E-state index contributed by atoms with van der Waals surface area (Å²) in [6.45, 7) is 5.34. The first kappa shape index (κ1) is 22.0. The summed E-state index contributed by atoms with van der Waals surface area (Å²) in [5, 5.41) is 8.72. The largest absolute Gasteiger partial charge is 0.489 e. The molecule has 1 fully saturated rings. The molecule has 144 valence electrons. The van der Waals surface area contributed by atoms with Gasteiger partial charge in [-0.2, -0.15) is 0 Å². The number of amides is 3. The molecule has 1 aromatic rings. The van der Waals surface area contributed by atoms with Crippen LogP contribution in [0.1, 0.15) is 12.5 Å². The van der Waals surface area contributed by atoms with Crippen molar-refractivity contribution in [3.63, 3.8) is 0 Å². The van der Waals surface area contributed by atoms with Crippen LogP contribution in [0.3, 0.4) is 0 Å². The van der Waals surface area contributed by atoms with E-state index in [4.69, 9.17) is 4.74 Å². The number of aryl methyl sites for hydroxylation is 1. The molecule has 0 spiro atoms. The lowest BCUT2D eigenvalue weighted by molar-refractivity contribution is -0.124. The van der Waals surface area contributed by atoms with Crippen LogP contribution in [0.5, 0.6) is 5.75 Å². The van der Waals surface area contributed by atoms with Crippen LogP contribution in [0, 0.1) is 6.92 Å². The Hall–Kier alpha value is -2.04. The predicted octanol–water partition coefficient (Wildman–Crippen LogP) is 1.10. The lowest BCUT2D eigenvalue weighted by atomic mass is 10.2. The van der Waals surface area contributed by atoms with E-state index in [2.05, 4.69) is 20.9 Å². The summed E-state index contributed by atoms with van der Waals surface area (Å²) in [7, 11) is 1.66. The van der Waals surface area contributed by atoms with Crippen molar-refractivity contribution in [1.29, 1.82) is 0 Å². The number of guanidine groups is 1. The van der Waals surface area contributed by atoms with Crippen molar-refractivity contribution >= 4 is 41.9 Å². The van der Waals surface area contributed by atoms with E-state index in [9.17, 15) is 9.59 Å². The van der Waals surface area contributed by atoms with Crippen molar-refractivity contribution in [2.24, 2.45) is 4.99 Å². The molecule has 8 nitrogen and oxygen atoms in total. The molecule has 0 saturated carbocycles. The number of ether oxygens (including phenoxy) is 1. The number of carbonyl (C=O) groups excluding carboxylic acids is 2. The van der Waals surface area contributed by atoms with Crippen molar-refractivity contribution in [3.05, 3.63) is 29.8 Å². The third-order valence-electron chi connectivity index (χ3n) is 3.67. The fourth-order valence-electron chi connectivity index (χ4n) is 2.39. The Morgan fingerprint density at radius 1 is 1.38 bits per heavy atom. The molecule has 2 rings (SSSR count). The van der Waals surface area contributed by atoms with E-state index in [-0.39, 0.29) is 48.6 Å². The second-order valence-electron chi connectivity index (χ2n) is 5.83. The van der Waals surface area contributed by atoms with E-state index in [1.165, 1.54) is 4.90 Å². The number of urea groups is 1. The Kier molecular flexibility index (Phi) is 9.17. The summed E-state index contributed by atoms with van der Waals surface area (Å²) >= 11 is 0. The van der Waals surface area contributed by atoms with E-state index >= 15 is 0 Å². The predicted molar refractivity (Wildman–Crippen MR) is 111 cm³/mol. The van der Waals surface area contributed by atoms with Crippen LogP contribution in [0.4, 0.5) is 4.79 Å². The summed E-state index contributed by atoms with van der Waals surface area (Å²) in [6, 6.07) is 7.54. The van der Waals surface area contributed by atoms with Gasteiger partial charge >= 0.3 is 6.03 Å². The van der Waals surface area contributed by atoms with Gasteiger partial charge in [0.05, 0.1) is 13.1 Å². The van der Waals surface area contributed by atoms with Gasteiger partial charge in [-0.05, 0) is 31.5 Å². The van der Waals surface area contributed by atoms with Crippen LogP contribution in [-0.4, -0.2) is 62.1 Å². The summed E-state index contributed by atoms with van der Waals surface area (Å²) in [5.74, 6) is 1.21. The zero-order valence-electron chi connectivity index (χ0n) is 15.2. The second-order valence-corrected chi connectivity index (χ2v) is 5.83. The number of aliphatic imine (C=N–C) groups is 1. The SMILES string of the molecule is CN=C(NCCN1C(=O)CNC1=O)NCC(C)Oc1cccc(C)c1.I. The van der Waals surface area contributed by atoms with Crippen LogP contribution in [-0.2, 0) is 4.79 Å². The van der Waals surface area contributed by atoms with Gasteiger partial charge in [0.2, 0.25) is 5.91 Å². The first-order valence-corrected chi connectivity index (χ1v) is 8.25. The smallest absolute Gasteiger partial charge is 0.324 e. The Labute approximate surface area is 170 Å². The van der Waals surface area contributed by atoms with Crippen molar-refractivity contribution in [2.45, 2.75) is 20.0 Å². The Morgan fingerprint density at radius 3 is 2.77 bits per heavy atom. The van der Waals surface area contributed by atoms with E-state index in [1.54, 1.807) is 7.05 Å². The number of benzene rings is 1. The molecule has 3 amide bonds. The van der Waals surface area contributed by atoms with Gasteiger partial charge < -0.3 is 20.7 Å². The van der Waals surface area contributed by atoms with Crippen molar-refractivity contribution in [3.8, 4) is 5.75 Å². The van der Waals surface area contributed by atoms with Gasteiger partial charge in [0, 0.05) is 20.1 Å². The third-order valence-corrected chi connectivity index (χ3v) is 3.67. The first-order chi connectivity index (χ1) is 12.0. The standard InChI is InChI=1S/C17H25N5O3.HI/c1-12-5-4-6-14(9-12)25-13(2)10-20-16(18-3)19-7-8-22-15(23)11-21-17(22)24;/h4-6,9,13H,7-8,10-11H2,1-3H3,(H,21,24)(H2,18,19,20);1H. The topological polar surface area (TPSA) is 95.1 Å². The molecule has 1 aliphatic rings. The molecule has 1 saturated heterocycles. The number of halogens is 1. The second kappa shape index (κ2) is 10.8. The van der Waals surface area contributed by atoms with Gasteiger partial charge in [-0.1, -0.05) is 12.1 Å². The maximum absolute atomic E-state index is 11.5. The highest BCUT2D eigenvalue weighted by Gasteiger charge is 2.27. The van der Waals surface area contributed by atoms with E-state index in [1.807, 2.05) is 38.1 Å². The van der Waals surface area contributed by atoms with Gasteiger partial charge in [-0.15, -0.1) is 24.0 Å². The van der Waals surface area contributed by atoms with Gasteiger partial charge in [-0.3, -0.25) is 14.7 Å². The number of carbonyl (C=O) groups is 2. The Balaban J connectivity index is 0.00000338. The Morgan fingerprint density at radius 2 is 2.15 bits per heavy atom. The van der Waals surface area contributed by atoms with Crippen LogP contribution in [0.2, 0.25) is 0 Å². The molecule has 0 radical (unpaired) electrons. The summed E-state index contributed by atoms with van der Waals surface area (Å²) < 4.78 is 5.85. The lowest BCUT2D eigenvalue weighted by Crippen LogP contribution is -2.45. The molecule has 1 aromatic carbocycles. The summed E-state index contributed by atoms with van der Waals surface area (Å²) in [6.07, 6.45) is -0.0497. The fourth-order valence-corrected chi connectivity index (χ4v) is 2.39. The molecule has 0 aromatic heterocycles. The van der Waals surface area contributed by atoms with Gasteiger partial charge in [-0.25, -0.2) is 4.79 Å². The van der Waals surface area contributed by atoms with Crippen molar-refractivity contribution < 1.29 is 14.3 Å². The van der Waals surface area contributed by atoms with Crippen LogP contribution < -0.4 is 20.7 Å². The summed E-state index contributed by atoms with van der Waals surface area (Å²) in [5.41, 5.74) is 1.15. The average Bonchev–Trinajstić information content (AvgIpc) is 2.89. The lowest BCUT2D eigenvalue weighted by Gasteiger charge is -2.19. The number of hydrogen-bond acceptors (Lipinski definition) is 4. The third kappa shape index (κ3) is 6.70. The normalized spacial score (nSPS) is 15.2. The molecule has 0 bridgehead atoms. The quantitative estimate of drug-likeness (QED) is 0.238. The van der Waals surface area contributed by atoms with E-state index in [0.717, 1.165) is 11.3 Å². The molecule has 3 N–H and O–H groups in total. The molecule has 9 heteroatoms. The van der Waals surface area contributed by atoms with Crippen LogP contribution in [0.25, 0.3) is 0 Å². The van der Waals surface area contributed by atoms with E-state index < -0.39 is 0 Å². The Bertz CT molecular complexity index is 637. The number of nitrogens with zero attached hydrogens (tertiary/aromatic N) is 2. The molecular weight excluding hydrogens is 449 g/mol. The highest BCUT2D eigenvalue weighted by Crippen LogP contribution is 2.13. The fraction of sp³-hybridized carbons (Fsp3) is 0.471. The molecule has 1 unspecified atom stereocenters. The average molecular weight is 475 g/mol.